The summed E-state index contributed by atoms with van der Waals surface area (Å²) >= 11 is 0. The Balaban J connectivity index is 2.00. The van der Waals surface area contributed by atoms with E-state index in [2.05, 4.69) is 5.32 Å². The van der Waals surface area contributed by atoms with Crippen LogP contribution < -0.4 is 10.1 Å². The van der Waals surface area contributed by atoms with Crippen molar-refractivity contribution in [2.24, 2.45) is 11.8 Å². The van der Waals surface area contributed by atoms with Crippen LogP contribution in [0.4, 0.5) is 0 Å². The predicted octanol–water partition coefficient (Wildman–Crippen LogP) is 1.59. The molecule has 1 aliphatic rings. The van der Waals surface area contributed by atoms with Gasteiger partial charge in [-0.2, -0.15) is 0 Å². The molecule has 1 fully saturated rings. The third-order valence-electron chi connectivity index (χ3n) is 3.41. The second kappa shape index (κ2) is 5.30. The van der Waals surface area contributed by atoms with Crippen molar-refractivity contribution in [3.63, 3.8) is 0 Å². The smallest absolute Gasteiger partial charge is 0.307 e. The van der Waals surface area contributed by atoms with Gasteiger partial charge in [-0.3, -0.25) is 9.59 Å². The lowest BCUT2D eigenvalue weighted by Gasteiger charge is -2.17. The molecule has 5 heteroatoms. The molecule has 0 aromatic heterocycles. The van der Waals surface area contributed by atoms with Gasteiger partial charge in [0.1, 0.15) is 5.75 Å². The van der Waals surface area contributed by atoms with Crippen LogP contribution in [0.15, 0.2) is 24.3 Å². The van der Waals surface area contributed by atoms with Gasteiger partial charge in [0, 0.05) is 5.56 Å². The molecule has 2 rings (SSSR count). The number of benzene rings is 1. The van der Waals surface area contributed by atoms with Crippen molar-refractivity contribution in [2.45, 2.75) is 19.4 Å². The Labute approximate surface area is 111 Å². The fourth-order valence-corrected chi connectivity index (χ4v) is 2.18. The van der Waals surface area contributed by atoms with E-state index in [9.17, 15) is 9.59 Å². The standard InChI is InChI=1S/C14H17NO4/c1-8(9-5-3-4-6-12(9)19-2)15-13(16)10-7-11(10)14(17)18/h3-6,8,10-11H,7H2,1-2H3,(H,15,16)(H,17,18)/t8?,10-,11+/m1/s1. The van der Waals surface area contributed by atoms with Crippen LogP contribution in [0.3, 0.4) is 0 Å². The van der Waals surface area contributed by atoms with E-state index >= 15 is 0 Å². The van der Waals surface area contributed by atoms with E-state index in [1.807, 2.05) is 31.2 Å². The summed E-state index contributed by atoms with van der Waals surface area (Å²) in [5.41, 5.74) is 0.880. The van der Waals surface area contributed by atoms with Crippen LogP contribution in [0.5, 0.6) is 5.75 Å². The minimum absolute atomic E-state index is 0.203. The second-order valence-corrected chi connectivity index (χ2v) is 4.76. The van der Waals surface area contributed by atoms with E-state index in [0.29, 0.717) is 12.2 Å². The van der Waals surface area contributed by atoms with E-state index in [4.69, 9.17) is 9.84 Å². The van der Waals surface area contributed by atoms with E-state index < -0.39 is 17.8 Å². The molecule has 0 radical (unpaired) electrons. The third kappa shape index (κ3) is 2.86. The SMILES string of the molecule is COc1ccccc1C(C)NC(=O)[C@@H]1C[C@@H]1C(=O)O. The van der Waals surface area contributed by atoms with Crippen molar-refractivity contribution < 1.29 is 19.4 Å². The van der Waals surface area contributed by atoms with Crippen molar-refractivity contribution in [3.8, 4) is 5.75 Å². The van der Waals surface area contributed by atoms with Gasteiger partial charge in [-0.25, -0.2) is 0 Å². The number of carbonyl (C=O) groups is 2. The summed E-state index contributed by atoms with van der Waals surface area (Å²) in [6.07, 6.45) is 0.430. The second-order valence-electron chi connectivity index (χ2n) is 4.76. The molecular weight excluding hydrogens is 246 g/mol. The van der Waals surface area contributed by atoms with Crippen molar-refractivity contribution in [2.75, 3.05) is 7.11 Å². The highest BCUT2D eigenvalue weighted by Gasteiger charge is 2.48. The Hall–Kier alpha value is -2.04. The maximum atomic E-state index is 11.9. The molecule has 19 heavy (non-hydrogen) atoms. The zero-order valence-electron chi connectivity index (χ0n) is 10.9. The molecular formula is C14H17NO4. The maximum Gasteiger partial charge on any atom is 0.307 e. The van der Waals surface area contributed by atoms with Crippen LogP contribution in [0.1, 0.15) is 24.9 Å². The number of amides is 1. The van der Waals surface area contributed by atoms with E-state index in [1.165, 1.54) is 0 Å². The summed E-state index contributed by atoms with van der Waals surface area (Å²) < 4.78 is 5.24. The van der Waals surface area contributed by atoms with Crippen LogP contribution >= 0.6 is 0 Å². The van der Waals surface area contributed by atoms with Crippen LogP contribution in [0.25, 0.3) is 0 Å². The van der Waals surface area contributed by atoms with Crippen LogP contribution in [-0.4, -0.2) is 24.1 Å². The highest BCUT2D eigenvalue weighted by molar-refractivity contribution is 5.89. The van der Waals surface area contributed by atoms with Crippen LogP contribution in [0.2, 0.25) is 0 Å². The summed E-state index contributed by atoms with van der Waals surface area (Å²) in [5, 5.41) is 11.6. The first-order chi connectivity index (χ1) is 9.04. The highest BCUT2D eigenvalue weighted by Crippen LogP contribution is 2.39. The number of hydrogen-bond acceptors (Lipinski definition) is 3. The summed E-state index contributed by atoms with van der Waals surface area (Å²) in [7, 11) is 1.58. The van der Waals surface area contributed by atoms with E-state index in [1.54, 1.807) is 7.11 Å². The Bertz CT molecular complexity index is 500. The number of rotatable bonds is 5. The molecule has 0 aliphatic heterocycles. The van der Waals surface area contributed by atoms with Crippen molar-refractivity contribution in [1.29, 1.82) is 0 Å². The molecule has 102 valence electrons. The molecule has 5 nitrogen and oxygen atoms in total. The van der Waals surface area contributed by atoms with Gasteiger partial charge in [-0.05, 0) is 19.4 Å². The quantitative estimate of drug-likeness (QED) is 0.846. The van der Waals surface area contributed by atoms with Gasteiger partial charge >= 0.3 is 5.97 Å². The predicted molar refractivity (Wildman–Crippen MR) is 68.8 cm³/mol. The van der Waals surface area contributed by atoms with Gasteiger partial charge in [-0.15, -0.1) is 0 Å². The number of carboxylic acid groups (broad SMARTS) is 1. The summed E-state index contributed by atoms with van der Waals surface area (Å²) in [4.78, 5) is 22.6. The molecule has 1 aromatic carbocycles. The van der Waals surface area contributed by atoms with Gasteiger partial charge in [0.15, 0.2) is 0 Å². The topological polar surface area (TPSA) is 75.6 Å². The van der Waals surface area contributed by atoms with Gasteiger partial charge in [0.05, 0.1) is 25.0 Å². The molecule has 0 spiro atoms. The van der Waals surface area contributed by atoms with Gasteiger partial charge in [-0.1, -0.05) is 18.2 Å². The zero-order chi connectivity index (χ0) is 14.0. The number of nitrogens with one attached hydrogen (secondary N) is 1. The molecule has 0 heterocycles. The lowest BCUT2D eigenvalue weighted by Crippen LogP contribution is -2.29. The molecule has 3 atom stereocenters. The largest absolute Gasteiger partial charge is 0.496 e. The zero-order valence-corrected chi connectivity index (χ0v) is 10.9. The van der Waals surface area contributed by atoms with Crippen molar-refractivity contribution >= 4 is 11.9 Å². The number of ether oxygens (including phenoxy) is 1. The fraction of sp³-hybridized carbons (Fsp3) is 0.429. The Kier molecular flexibility index (Phi) is 3.74. The molecule has 2 N–H and O–H groups in total. The first-order valence-corrected chi connectivity index (χ1v) is 6.20. The first kappa shape index (κ1) is 13.4. The van der Waals surface area contributed by atoms with E-state index in [0.717, 1.165) is 5.56 Å². The highest BCUT2D eigenvalue weighted by atomic mass is 16.5. The minimum Gasteiger partial charge on any atom is -0.496 e. The number of methoxy groups -OCH3 is 1. The van der Waals surface area contributed by atoms with E-state index in [-0.39, 0.29) is 11.9 Å². The first-order valence-electron chi connectivity index (χ1n) is 6.20. The fourth-order valence-electron chi connectivity index (χ4n) is 2.18. The summed E-state index contributed by atoms with van der Waals surface area (Å²) in [5.74, 6) is -1.31. The molecule has 1 saturated carbocycles. The van der Waals surface area contributed by atoms with Crippen LogP contribution in [-0.2, 0) is 9.59 Å². The molecule has 1 aromatic rings. The number of para-hydroxylation sites is 1. The average Bonchev–Trinajstić information content (AvgIpc) is 3.19. The lowest BCUT2D eigenvalue weighted by atomic mass is 10.1. The molecule has 1 aliphatic carbocycles. The number of hydrogen-bond donors (Lipinski definition) is 2. The summed E-state index contributed by atoms with van der Waals surface area (Å²) in [6.45, 7) is 1.86. The Morgan fingerprint density at radius 3 is 2.63 bits per heavy atom. The normalized spacial score (nSPS) is 22.4. The number of carbonyl (C=O) groups excluding carboxylic acids is 1. The number of carboxylic acids is 1. The van der Waals surface area contributed by atoms with Crippen molar-refractivity contribution in [1.82, 2.24) is 5.32 Å². The maximum absolute atomic E-state index is 11.9. The molecule has 1 unspecified atom stereocenters. The molecule has 0 saturated heterocycles. The monoisotopic (exact) mass is 263 g/mol. The van der Waals surface area contributed by atoms with Crippen molar-refractivity contribution in [3.05, 3.63) is 29.8 Å². The summed E-state index contributed by atoms with van der Waals surface area (Å²) in [6, 6.07) is 7.23. The molecule has 0 bridgehead atoms. The Morgan fingerprint density at radius 1 is 1.37 bits per heavy atom. The Morgan fingerprint density at radius 2 is 2.05 bits per heavy atom. The van der Waals surface area contributed by atoms with Gasteiger partial charge < -0.3 is 15.2 Å². The van der Waals surface area contributed by atoms with Crippen LogP contribution in [0, 0.1) is 11.8 Å². The number of aliphatic carboxylic acids is 1. The van der Waals surface area contributed by atoms with Gasteiger partial charge in [0.25, 0.3) is 0 Å². The minimum atomic E-state index is -0.898. The lowest BCUT2D eigenvalue weighted by molar-refractivity contribution is -0.140. The molecule has 1 amide bonds. The third-order valence-corrected chi connectivity index (χ3v) is 3.41. The average molecular weight is 263 g/mol. The van der Waals surface area contributed by atoms with Gasteiger partial charge in [0.2, 0.25) is 5.91 Å².